The number of sulfone groups is 1. The van der Waals surface area contributed by atoms with E-state index in [-0.39, 0.29) is 4.90 Å². The van der Waals surface area contributed by atoms with Crippen molar-refractivity contribution in [1.29, 1.82) is 5.26 Å². The van der Waals surface area contributed by atoms with Gasteiger partial charge < -0.3 is 5.32 Å². The van der Waals surface area contributed by atoms with Gasteiger partial charge in [0.15, 0.2) is 9.84 Å². The lowest BCUT2D eigenvalue weighted by molar-refractivity contribution is -0.137. The molecule has 12 heteroatoms. The van der Waals surface area contributed by atoms with Crippen LogP contribution in [0.4, 0.5) is 28.0 Å². The first-order valence-corrected chi connectivity index (χ1v) is 10.2. The SMILES string of the molecule is C[C@]1(CS(=O)(=O)c2ccc(F)cc2)NC(=O)N(c2ccc(C#N)c(C(F)(F)F)c2)C1=O. The highest BCUT2D eigenvalue weighted by Crippen LogP contribution is 2.36. The Morgan fingerprint density at radius 2 is 1.74 bits per heavy atom. The van der Waals surface area contributed by atoms with E-state index in [0.29, 0.717) is 11.0 Å². The second kappa shape index (κ2) is 7.35. The number of nitrogens with one attached hydrogen (secondary N) is 1. The molecule has 2 aromatic carbocycles. The number of hydrogen-bond donors (Lipinski definition) is 1. The number of carbonyl (C=O) groups is 2. The lowest BCUT2D eigenvalue weighted by Crippen LogP contribution is -2.49. The van der Waals surface area contributed by atoms with E-state index in [1.165, 1.54) is 6.07 Å². The normalized spacial score (nSPS) is 19.3. The summed E-state index contributed by atoms with van der Waals surface area (Å²) < 4.78 is 78.0. The number of anilines is 1. The summed E-state index contributed by atoms with van der Waals surface area (Å²) in [7, 11) is -4.17. The van der Waals surface area contributed by atoms with Crippen LogP contribution in [-0.2, 0) is 20.8 Å². The number of nitriles is 1. The molecule has 0 saturated carbocycles. The maximum atomic E-state index is 13.2. The molecular weight excluding hydrogens is 442 g/mol. The number of alkyl halides is 3. The van der Waals surface area contributed by atoms with Crippen molar-refractivity contribution in [3.05, 3.63) is 59.4 Å². The first kappa shape index (κ1) is 22.2. The van der Waals surface area contributed by atoms with Crippen molar-refractivity contribution in [2.45, 2.75) is 23.5 Å². The lowest BCUT2D eigenvalue weighted by Gasteiger charge is -2.22. The minimum Gasteiger partial charge on any atom is -0.322 e. The van der Waals surface area contributed by atoms with Crippen LogP contribution in [-0.4, -0.2) is 31.6 Å². The number of nitrogens with zero attached hydrogens (tertiary/aromatic N) is 2. The Bertz CT molecular complexity index is 1220. The lowest BCUT2D eigenvalue weighted by atomic mass is 10.0. The van der Waals surface area contributed by atoms with Crippen LogP contribution >= 0.6 is 0 Å². The average Bonchev–Trinajstić information content (AvgIpc) is 2.88. The van der Waals surface area contributed by atoms with Crippen LogP contribution in [0.3, 0.4) is 0 Å². The fourth-order valence-corrected chi connectivity index (χ4v) is 4.80. The number of hydrogen-bond acceptors (Lipinski definition) is 5. The zero-order valence-corrected chi connectivity index (χ0v) is 16.5. The Hall–Kier alpha value is -3.46. The zero-order valence-electron chi connectivity index (χ0n) is 15.7. The second-order valence-corrected chi connectivity index (χ2v) is 8.94. The number of carbonyl (C=O) groups excluding carboxylic acids is 2. The molecule has 3 rings (SSSR count). The van der Waals surface area contributed by atoms with Gasteiger partial charge in [0.1, 0.15) is 11.4 Å². The molecule has 1 fully saturated rings. The number of amides is 3. The third-order valence-corrected chi connectivity index (χ3v) is 6.55. The van der Waals surface area contributed by atoms with E-state index in [0.717, 1.165) is 43.3 Å². The third kappa shape index (κ3) is 4.09. The molecule has 2 aromatic rings. The summed E-state index contributed by atoms with van der Waals surface area (Å²) in [4.78, 5) is 25.4. The van der Waals surface area contributed by atoms with Crippen LogP contribution in [0, 0.1) is 17.1 Å². The molecule has 1 heterocycles. The number of imide groups is 1. The summed E-state index contributed by atoms with van der Waals surface area (Å²) in [5.41, 5.74) is -4.52. The summed E-state index contributed by atoms with van der Waals surface area (Å²) in [5.74, 6) is -2.68. The van der Waals surface area contributed by atoms with Crippen molar-refractivity contribution in [3.63, 3.8) is 0 Å². The molecule has 1 aliphatic heterocycles. The minimum atomic E-state index is -4.92. The van der Waals surface area contributed by atoms with Gasteiger partial charge in [0.25, 0.3) is 5.91 Å². The first-order chi connectivity index (χ1) is 14.3. The van der Waals surface area contributed by atoms with Crippen LogP contribution in [0.25, 0.3) is 0 Å². The molecule has 7 nitrogen and oxygen atoms in total. The minimum absolute atomic E-state index is 0.298. The molecule has 1 atom stereocenters. The summed E-state index contributed by atoms with van der Waals surface area (Å²) in [6, 6.07) is 6.31. The Balaban J connectivity index is 1.97. The van der Waals surface area contributed by atoms with E-state index in [1.54, 1.807) is 0 Å². The van der Waals surface area contributed by atoms with Crippen molar-refractivity contribution in [2.24, 2.45) is 0 Å². The predicted molar refractivity (Wildman–Crippen MR) is 99.0 cm³/mol. The molecule has 0 spiro atoms. The van der Waals surface area contributed by atoms with Gasteiger partial charge in [-0.05, 0) is 49.4 Å². The van der Waals surface area contributed by atoms with Crippen molar-refractivity contribution >= 4 is 27.5 Å². The third-order valence-electron chi connectivity index (χ3n) is 4.60. The molecule has 0 bridgehead atoms. The maximum absolute atomic E-state index is 13.2. The smallest absolute Gasteiger partial charge is 0.322 e. The highest BCUT2D eigenvalue weighted by Gasteiger charge is 2.51. The predicted octanol–water partition coefficient (Wildman–Crippen LogP) is 3.00. The average molecular weight is 455 g/mol. The highest BCUT2D eigenvalue weighted by molar-refractivity contribution is 7.91. The molecule has 0 unspecified atom stereocenters. The van der Waals surface area contributed by atoms with E-state index >= 15 is 0 Å². The van der Waals surface area contributed by atoms with E-state index in [2.05, 4.69) is 5.32 Å². The van der Waals surface area contributed by atoms with Gasteiger partial charge in [0.05, 0.1) is 33.5 Å². The van der Waals surface area contributed by atoms with Crippen LogP contribution in [0.1, 0.15) is 18.1 Å². The summed E-state index contributed by atoms with van der Waals surface area (Å²) in [6.07, 6.45) is -4.92. The Kier molecular flexibility index (Phi) is 5.27. The molecular formula is C19H13F4N3O4S. The van der Waals surface area contributed by atoms with Gasteiger partial charge in [-0.15, -0.1) is 0 Å². The van der Waals surface area contributed by atoms with E-state index in [9.17, 15) is 35.6 Å². The number of urea groups is 1. The number of rotatable bonds is 4. The Labute approximate surface area is 173 Å². The van der Waals surface area contributed by atoms with Crippen molar-refractivity contribution in [2.75, 3.05) is 10.7 Å². The number of benzene rings is 2. The summed E-state index contributed by atoms with van der Waals surface area (Å²) >= 11 is 0. The number of halogens is 4. The molecule has 0 aromatic heterocycles. The van der Waals surface area contributed by atoms with Gasteiger partial charge in [-0.3, -0.25) is 4.79 Å². The van der Waals surface area contributed by atoms with Crippen LogP contribution in [0.2, 0.25) is 0 Å². The monoisotopic (exact) mass is 455 g/mol. The molecule has 0 aliphatic carbocycles. The van der Waals surface area contributed by atoms with Crippen LogP contribution < -0.4 is 10.2 Å². The van der Waals surface area contributed by atoms with Crippen molar-refractivity contribution in [3.8, 4) is 6.07 Å². The standard InChI is InChI=1S/C19H13F4N3O4S/c1-18(10-31(29,30)14-6-3-12(20)4-7-14)16(27)26(17(28)25-18)13-5-2-11(9-24)15(8-13)19(21,22)23/h2-8H,10H2,1H3,(H,25,28)/t18-/m1/s1. The van der Waals surface area contributed by atoms with Crippen LogP contribution in [0.5, 0.6) is 0 Å². The molecule has 162 valence electrons. The summed E-state index contributed by atoms with van der Waals surface area (Å²) in [6.45, 7) is 1.11. The Morgan fingerprint density at radius 3 is 2.29 bits per heavy atom. The van der Waals surface area contributed by atoms with Gasteiger partial charge in [0.2, 0.25) is 0 Å². The fourth-order valence-electron chi connectivity index (χ4n) is 3.13. The molecule has 1 aliphatic rings. The van der Waals surface area contributed by atoms with Crippen molar-refractivity contribution in [1.82, 2.24) is 5.32 Å². The van der Waals surface area contributed by atoms with Gasteiger partial charge >= 0.3 is 12.2 Å². The quantitative estimate of drug-likeness (QED) is 0.433. The van der Waals surface area contributed by atoms with Gasteiger partial charge in [0, 0.05) is 0 Å². The molecule has 1 saturated heterocycles. The van der Waals surface area contributed by atoms with Gasteiger partial charge in [-0.2, -0.15) is 18.4 Å². The zero-order chi connectivity index (χ0) is 23.2. The molecule has 3 amide bonds. The van der Waals surface area contributed by atoms with Crippen molar-refractivity contribution < 1.29 is 35.6 Å². The maximum Gasteiger partial charge on any atom is 0.417 e. The molecule has 1 N–H and O–H groups in total. The molecule has 0 radical (unpaired) electrons. The summed E-state index contributed by atoms with van der Waals surface area (Å²) in [5, 5.41) is 11.1. The van der Waals surface area contributed by atoms with Crippen LogP contribution in [0.15, 0.2) is 47.4 Å². The van der Waals surface area contributed by atoms with E-state index in [1.807, 2.05) is 0 Å². The van der Waals surface area contributed by atoms with E-state index < -0.39 is 61.9 Å². The largest absolute Gasteiger partial charge is 0.417 e. The fraction of sp³-hybridized carbons (Fsp3) is 0.211. The van der Waals surface area contributed by atoms with E-state index in [4.69, 9.17) is 5.26 Å². The topological polar surface area (TPSA) is 107 Å². The molecule has 31 heavy (non-hydrogen) atoms. The Morgan fingerprint density at radius 1 is 1.13 bits per heavy atom. The van der Waals surface area contributed by atoms with Gasteiger partial charge in [-0.1, -0.05) is 0 Å². The van der Waals surface area contributed by atoms with Gasteiger partial charge in [-0.25, -0.2) is 22.5 Å². The highest BCUT2D eigenvalue weighted by atomic mass is 32.2. The first-order valence-electron chi connectivity index (χ1n) is 8.55. The second-order valence-electron chi connectivity index (χ2n) is 6.96.